The lowest BCUT2D eigenvalue weighted by molar-refractivity contribution is 1.07. The average molecular weight is 472 g/mol. The molecule has 0 aliphatic rings. The fourth-order valence-electron chi connectivity index (χ4n) is 4.01. The molecule has 6 rings (SSSR count). The van der Waals surface area contributed by atoms with Crippen LogP contribution in [0.25, 0.3) is 56.3 Å². The van der Waals surface area contributed by atoms with Gasteiger partial charge in [-0.15, -0.1) is 0 Å². The van der Waals surface area contributed by atoms with Gasteiger partial charge in [0.25, 0.3) is 0 Å². The molecule has 0 radical (unpaired) electrons. The van der Waals surface area contributed by atoms with E-state index in [1.54, 1.807) is 0 Å². The summed E-state index contributed by atoms with van der Waals surface area (Å²) in [5.41, 5.74) is 5.37. The topological polar surface area (TPSA) is 64.5 Å². The van der Waals surface area contributed by atoms with Gasteiger partial charge in [0, 0.05) is 27.6 Å². The zero-order valence-corrected chi connectivity index (χ0v) is 19.3. The second-order valence-electron chi connectivity index (χ2n) is 7.98. The normalized spacial score (nSPS) is 11.0. The molecule has 0 saturated carbocycles. The Morgan fingerprint density at radius 2 is 0.971 bits per heavy atom. The van der Waals surface area contributed by atoms with Crippen LogP contribution in [0, 0.1) is 0 Å². The molecule has 0 unspecified atom stereocenters. The molecule has 35 heavy (non-hydrogen) atoms. The van der Waals surface area contributed by atoms with Gasteiger partial charge >= 0.3 is 0 Å². The van der Waals surface area contributed by atoms with E-state index in [9.17, 15) is 0 Å². The first-order chi connectivity index (χ1) is 17.2. The van der Waals surface area contributed by atoms with Crippen molar-refractivity contribution >= 4 is 22.5 Å². The quantitative estimate of drug-likeness (QED) is 0.273. The molecule has 5 nitrogen and oxygen atoms in total. The Hall–Kier alpha value is -4.48. The summed E-state index contributed by atoms with van der Waals surface area (Å²) in [6.45, 7) is 0. The van der Waals surface area contributed by atoms with Crippen LogP contribution >= 0.6 is 11.6 Å². The first kappa shape index (κ1) is 21.1. The van der Waals surface area contributed by atoms with Crippen molar-refractivity contribution in [1.82, 2.24) is 24.9 Å². The molecule has 0 saturated heterocycles. The van der Waals surface area contributed by atoms with Gasteiger partial charge in [-0.3, -0.25) is 0 Å². The van der Waals surface area contributed by atoms with Crippen molar-refractivity contribution in [2.24, 2.45) is 0 Å². The average Bonchev–Trinajstić information content (AvgIpc) is 2.93. The number of para-hydroxylation sites is 1. The Balaban J connectivity index is 1.48. The van der Waals surface area contributed by atoms with Gasteiger partial charge in [0.15, 0.2) is 17.5 Å². The van der Waals surface area contributed by atoms with Crippen molar-refractivity contribution in [2.45, 2.75) is 0 Å². The molecule has 0 aliphatic heterocycles. The molecular weight excluding hydrogens is 454 g/mol. The molecule has 0 amide bonds. The number of benzene rings is 4. The zero-order valence-electron chi connectivity index (χ0n) is 18.5. The number of nitrogens with zero attached hydrogens (tertiary/aromatic N) is 5. The summed E-state index contributed by atoms with van der Waals surface area (Å²) in [6, 6.07) is 35.8. The molecule has 166 valence electrons. The highest BCUT2D eigenvalue weighted by molar-refractivity contribution is 6.28. The van der Waals surface area contributed by atoms with E-state index in [2.05, 4.69) is 33.2 Å². The zero-order chi connectivity index (χ0) is 23.6. The van der Waals surface area contributed by atoms with Crippen molar-refractivity contribution in [1.29, 1.82) is 0 Å². The van der Waals surface area contributed by atoms with E-state index in [0.717, 1.165) is 38.9 Å². The van der Waals surface area contributed by atoms with E-state index in [-0.39, 0.29) is 5.28 Å². The van der Waals surface area contributed by atoms with Crippen LogP contribution in [0.15, 0.2) is 109 Å². The highest BCUT2D eigenvalue weighted by Gasteiger charge is 2.14. The number of rotatable bonds is 4. The predicted octanol–water partition coefficient (Wildman–Crippen LogP) is 7.14. The van der Waals surface area contributed by atoms with Crippen LogP contribution in [0.1, 0.15) is 0 Å². The van der Waals surface area contributed by atoms with Crippen LogP contribution in [0.2, 0.25) is 5.28 Å². The molecule has 0 fully saturated rings. The fraction of sp³-hybridized carbons (Fsp3) is 0. The second-order valence-corrected chi connectivity index (χ2v) is 8.32. The van der Waals surface area contributed by atoms with Crippen LogP contribution in [0.4, 0.5) is 0 Å². The van der Waals surface area contributed by atoms with Gasteiger partial charge in [-0.1, -0.05) is 97.1 Å². The van der Waals surface area contributed by atoms with Crippen LogP contribution in [0.5, 0.6) is 0 Å². The molecule has 0 aliphatic carbocycles. The molecule has 0 atom stereocenters. The van der Waals surface area contributed by atoms with E-state index in [4.69, 9.17) is 21.6 Å². The van der Waals surface area contributed by atoms with Gasteiger partial charge < -0.3 is 0 Å². The first-order valence-corrected chi connectivity index (χ1v) is 11.5. The summed E-state index contributed by atoms with van der Waals surface area (Å²) in [4.78, 5) is 23.2. The molecule has 2 aromatic heterocycles. The van der Waals surface area contributed by atoms with Gasteiger partial charge in [-0.25, -0.2) is 15.0 Å². The van der Waals surface area contributed by atoms with E-state index >= 15 is 0 Å². The van der Waals surface area contributed by atoms with E-state index in [0.29, 0.717) is 17.5 Å². The maximum atomic E-state index is 6.27. The monoisotopic (exact) mass is 471 g/mol. The van der Waals surface area contributed by atoms with Gasteiger partial charge in [0.05, 0.1) is 11.2 Å². The van der Waals surface area contributed by atoms with Crippen LogP contribution in [-0.4, -0.2) is 24.9 Å². The molecular formula is C29H18ClN5. The third-order valence-electron chi connectivity index (χ3n) is 5.67. The lowest BCUT2D eigenvalue weighted by Gasteiger charge is -2.10. The minimum absolute atomic E-state index is 0.146. The Morgan fingerprint density at radius 3 is 1.69 bits per heavy atom. The standard InChI is InChI=1S/C29H18ClN5/c30-29-34-26(20-12-5-2-6-13-20)33-28(35-29)22-15-9-14-21(18-22)27-31-24-17-8-7-16-23(24)25(32-27)19-10-3-1-4-11-19/h1-18H. The van der Waals surface area contributed by atoms with E-state index in [1.807, 2.05) is 91.0 Å². The largest absolute Gasteiger partial charge is 0.228 e. The lowest BCUT2D eigenvalue weighted by Crippen LogP contribution is -1.98. The lowest BCUT2D eigenvalue weighted by atomic mass is 10.0. The molecule has 6 aromatic rings. The number of fused-ring (bicyclic) bond motifs is 1. The molecule has 2 heterocycles. The Kier molecular flexibility index (Phi) is 5.45. The summed E-state index contributed by atoms with van der Waals surface area (Å²) >= 11 is 6.27. The third kappa shape index (κ3) is 4.25. The molecule has 6 heteroatoms. The molecule has 4 aromatic carbocycles. The predicted molar refractivity (Wildman–Crippen MR) is 140 cm³/mol. The Labute approximate surface area is 207 Å². The fourth-order valence-corrected chi connectivity index (χ4v) is 4.17. The minimum Gasteiger partial charge on any atom is -0.228 e. The third-order valence-corrected chi connectivity index (χ3v) is 5.84. The van der Waals surface area contributed by atoms with E-state index in [1.165, 1.54) is 0 Å². The maximum absolute atomic E-state index is 6.27. The van der Waals surface area contributed by atoms with Gasteiger partial charge in [0.2, 0.25) is 5.28 Å². The van der Waals surface area contributed by atoms with Crippen molar-refractivity contribution < 1.29 is 0 Å². The van der Waals surface area contributed by atoms with Crippen LogP contribution in [-0.2, 0) is 0 Å². The summed E-state index contributed by atoms with van der Waals surface area (Å²) in [6.07, 6.45) is 0. The summed E-state index contributed by atoms with van der Waals surface area (Å²) < 4.78 is 0. The first-order valence-electron chi connectivity index (χ1n) is 11.1. The second kappa shape index (κ2) is 9.05. The maximum Gasteiger partial charge on any atom is 0.226 e. The van der Waals surface area contributed by atoms with Gasteiger partial charge in [0.1, 0.15) is 0 Å². The van der Waals surface area contributed by atoms with Gasteiger partial charge in [-0.2, -0.15) is 9.97 Å². The highest BCUT2D eigenvalue weighted by Crippen LogP contribution is 2.30. The summed E-state index contributed by atoms with van der Waals surface area (Å²) in [7, 11) is 0. The number of hydrogen-bond acceptors (Lipinski definition) is 5. The highest BCUT2D eigenvalue weighted by atomic mass is 35.5. The van der Waals surface area contributed by atoms with Crippen molar-refractivity contribution in [2.75, 3.05) is 0 Å². The summed E-state index contributed by atoms with van der Waals surface area (Å²) in [5, 5.41) is 1.16. The summed E-state index contributed by atoms with van der Waals surface area (Å²) in [5.74, 6) is 1.65. The number of halogens is 1. The smallest absolute Gasteiger partial charge is 0.226 e. The van der Waals surface area contributed by atoms with E-state index < -0.39 is 0 Å². The molecule has 0 spiro atoms. The van der Waals surface area contributed by atoms with Crippen LogP contribution in [0.3, 0.4) is 0 Å². The van der Waals surface area contributed by atoms with Crippen molar-refractivity contribution in [3.05, 3.63) is 114 Å². The Bertz CT molecular complexity index is 1650. The van der Waals surface area contributed by atoms with Crippen molar-refractivity contribution in [3.63, 3.8) is 0 Å². The number of hydrogen-bond donors (Lipinski definition) is 0. The van der Waals surface area contributed by atoms with Gasteiger partial charge in [-0.05, 0) is 23.7 Å². The molecule has 0 N–H and O–H groups in total. The number of aromatic nitrogens is 5. The Morgan fingerprint density at radius 1 is 0.429 bits per heavy atom. The van der Waals surface area contributed by atoms with Crippen LogP contribution < -0.4 is 0 Å². The SMILES string of the molecule is Clc1nc(-c2ccccc2)nc(-c2cccc(-c3nc(-c4ccccc4)c4ccccc4n3)c2)n1. The minimum atomic E-state index is 0.146. The molecule has 0 bridgehead atoms. The van der Waals surface area contributed by atoms with Crippen molar-refractivity contribution in [3.8, 4) is 45.4 Å².